The molecule has 0 fully saturated rings. The van der Waals surface area contributed by atoms with Crippen molar-refractivity contribution in [2.75, 3.05) is 18.6 Å². The maximum Gasteiger partial charge on any atom is 0.264 e. The van der Waals surface area contributed by atoms with Crippen molar-refractivity contribution in [3.63, 3.8) is 0 Å². The number of nitrogens with zero attached hydrogens (tertiary/aromatic N) is 1. The van der Waals surface area contributed by atoms with Crippen molar-refractivity contribution < 1.29 is 12.6 Å². The lowest BCUT2D eigenvalue weighted by Gasteiger charge is -2.36. The molecule has 2 aliphatic carbocycles. The van der Waals surface area contributed by atoms with Crippen LogP contribution in [0.4, 0.5) is 5.69 Å². The van der Waals surface area contributed by atoms with Crippen molar-refractivity contribution in [3.8, 4) is 0 Å². The number of pyridine rings is 1. The molecule has 2 N–H and O–H groups in total. The molecule has 0 amide bonds. The molecule has 4 rings (SSSR count). The van der Waals surface area contributed by atoms with E-state index in [4.69, 9.17) is 26.5 Å². The summed E-state index contributed by atoms with van der Waals surface area (Å²) in [5.41, 5.74) is 12.1. The number of fused-ring (bicyclic) bond motifs is 5. The van der Waals surface area contributed by atoms with Gasteiger partial charge in [0, 0.05) is 27.4 Å². The van der Waals surface area contributed by atoms with E-state index in [0.717, 1.165) is 67.1 Å². The second-order valence-corrected chi connectivity index (χ2v) is 10.0. The maximum absolute atomic E-state index is 11.0. The second-order valence-electron chi connectivity index (χ2n) is 7.96. The van der Waals surface area contributed by atoms with Crippen molar-refractivity contribution in [1.82, 2.24) is 4.98 Å². The van der Waals surface area contributed by atoms with E-state index < -0.39 is 10.1 Å². The molecule has 5 nitrogen and oxygen atoms in total. The second kappa shape index (κ2) is 7.65. The molecular weight excluding hydrogens is 396 g/mol. The molecule has 2 aliphatic rings. The average molecular weight is 421 g/mol. The molecule has 1 aromatic heterocycles. The van der Waals surface area contributed by atoms with Gasteiger partial charge in [0.25, 0.3) is 10.1 Å². The Morgan fingerprint density at radius 2 is 2.11 bits per heavy atom. The number of nitrogens with two attached hydrogens (primary N) is 1. The van der Waals surface area contributed by atoms with Gasteiger partial charge in [0.05, 0.1) is 18.4 Å². The normalized spacial score (nSPS) is 21.4. The van der Waals surface area contributed by atoms with Crippen LogP contribution in [0.15, 0.2) is 29.8 Å². The molecule has 0 unspecified atom stereocenters. The van der Waals surface area contributed by atoms with Crippen LogP contribution in [0.2, 0.25) is 5.02 Å². The van der Waals surface area contributed by atoms with Gasteiger partial charge >= 0.3 is 0 Å². The SMILES string of the molecule is CS(=O)(=O)OCCCCC1=C[C@H]2Cc3nc4cc(Cl)ccc4c(N)c3[C@@H](C1)C2. The number of halogens is 1. The van der Waals surface area contributed by atoms with Gasteiger partial charge in [-0.3, -0.25) is 9.17 Å². The Balaban J connectivity index is 1.49. The highest BCUT2D eigenvalue weighted by Gasteiger charge is 2.33. The number of rotatable bonds is 6. The smallest absolute Gasteiger partial charge is 0.264 e. The number of hydrogen-bond acceptors (Lipinski definition) is 5. The van der Waals surface area contributed by atoms with Crippen LogP contribution in [0.1, 0.15) is 49.3 Å². The van der Waals surface area contributed by atoms with E-state index in [0.29, 0.717) is 16.9 Å². The fraction of sp³-hybridized carbons (Fsp3) is 0.476. The first-order valence-electron chi connectivity index (χ1n) is 9.71. The molecule has 2 bridgehead atoms. The van der Waals surface area contributed by atoms with Gasteiger partial charge in [-0.2, -0.15) is 8.42 Å². The van der Waals surface area contributed by atoms with Crippen LogP contribution in [-0.2, 0) is 20.7 Å². The first-order chi connectivity index (χ1) is 13.3. The van der Waals surface area contributed by atoms with Crippen molar-refractivity contribution in [1.29, 1.82) is 0 Å². The zero-order valence-electron chi connectivity index (χ0n) is 15.9. The molecule has 7 heteroatoms. The Morgan fingerprint density at radius 1 is 1.29 bits per heavy atom. The molecule has 2 atom stereocenters. The van der Waals surface area contributed by atoms with Crippen molar-refractivity contribution in [3.05, 3.63) is 46.1 Å². The van der Waals surface area contributed by atoms with Gasteiger partial charge in [0.15, 0.2) is 0 Å². The molecular formula is C21H25ClN2O3S. The first-order valence-corrected chi connectivity index (χ1v) is 11.9. The number of aromatic nitrogens is 1. The molecule has 0 spiro atoms. The summed E-state index contributed by atoms with van der Waals surface area (Å²) in [6.45, 7) is 0.257. The predicted octanol–water partition coefficient (Wildman–Crippen LogP) is 4.59. The number of allylic oxidation sites excluding steroid dienone is 2. The lowest BCUT2D eigenvalue weighted by Crippen LogP contribution is -2.24. The fourth-order valence-electron chi connectivity index (χ4n) is 4.64. The summed E-state index contributed by atoms with van der Waals surface area (Å²) in [6.07, 6.45) is 9.18. The summed E-state index contributed by atoms with van der Waals surface area (Å²) in [4.78, 5) is 4.89. The lowest BCUT2D eigenvalue weighted by molar-refractivity contribution is 0.311. The summed E-state index contributed by atoms with van der Waals surface area (Å²) in [7, 11) is -3.34. The van der Waals surface area contributed by atoms with Crippen LogP contribution in [0.25, 0.3) is 10.9 Å². The Kier molecular flexibility index (Phi) is 5.38. The van der Waals surface area contributed by atoms with Crippen LogP contribution in [0, 0.1) is 5.92 Å². The molecule has 0 radical (unpaired) electrons. The monoisotopic (exact) mass is 420 g/mol. The number of hydrogen-bond donors (Lipinski definition) is 1. The van der Waals surface area contributed by atoms with E-state index in [1.807, 2.05) is 18.2 Å². The first kappa shape index (κ1) is 19.7. The van der Waals surface area contributed by atoms with Crippen LogP contribution >= 0.6 is 11.6 Å². The zero-order chi connectivity index (χ0) is 19.9. The van der Waals surface area contributed by atoms with Gasteiger partial charge in [-0.1, -0.05) is 23.3 Å². The van der Waals surface area contributed by atoms with E-state index in [1.165, 1.54) is 11.1 Å². The third kappa shape index (κ3) is 4.19. The number of unbranched alkanes of at least 4 members (excludes halogenated alkanes) is 1. The number of anilines is 1. The Hall–Kier alpha value is -1.63. The average Bonchev–Trinajstić information content (AvgIpc) is 2.59. The molecule has 1 aromatic carbocycles. The largest absolute Gasteiger partial charge is 0.398 e. The van der Waals surface area contributed by atoms with Crippen LogP contribution in [-0.4, -0.2) is 26.3 Å². The highest BCUT2D eigenvalue weighted by Crippen LogP contribution is 2.47. The van der Waals surface area contributed by atoms with Crippen molar-refractivity contribution >= 4 is 38.3 Å². The fourth-order valence-corrected chi connectivity index (χ4v) is 5.22. The molecule has 0 saturated carbocycles. The lowest BCUT2D eigenvalue weighted by atomic mass is 9.70. The minimum Gasteiger partial charge on any atom is -0.398 e. The standard InChI is InChI=1S/C21H25ClN2O3S/c1-28(25,26)27-7-3-2-4-13-8-14-10-15(9-13)20-19(11-14)24-18-12-16(22)5-6-17(18)21(20)23/h5-6,8,12,14-15H,2-4,7,9-11H2,1H3,(H2,23,24)/t14-,15+/m1/s1. The topological polar surface area (TPSA) is 82.3 Å². The van der Waals surface area contributed by atoms with Crippen molar-refractivity contribution in [2.24, 2.45) is 5.92 Å². The van der Waals surface area contributed by atoms with Gasteiger partial charge in [0.1, 0.15) is 0 Å². The Labute approximate surface area is 171 Å². The van der Waals surface area contributed by atoms with E-state index in [1.54, 1.807) is 0 Å². The minimum absolute atomic E-state index is 0.257. The van der Waals surface area contributed by atoms with E-state index in [-0.39, 0.29) is 6.61 Å². The number of benzene rings is 1. The summed E-state index contributed by atoms with van der Waals surface area (Å²) in [5.74, 6) is 0.908. The molecule has 1 heterocycles. The maximum atomic E-state index is 11.0. The molecule has 0 aliphatic heterocycles. The third-order valence-electron chi connectivity index (χ3n) is 5.73. The zero-order valence-corrected chi connectivity index (χ0v) is 17.5. The molecule has 28 heavy (non-hydrogen) atoms. The molecule has 2 aromatic rings. The minimum atomic E-state index is -3.34. The summed E-state index contributed by atoms with van der Waals surface area (Å²) >= 11 is 6.13. The molecule has 150 valence electrons. The quantitative estimate of drug-likeness (QED) is 0.419. The van der Waals surface area contributed by atoms with Gasteiger partial charge < -0.3 is 5.73 Å². The highest BCUT2D eigenvalue weighted by molar-refractivity contribution is 7.85. The summed E-state index contributed by atoms with van der Waals surface area (Å²) in [5, 5.41) is 1.66. The van der Waals surface area contributed by atoms with Gasteiger partial charge in [-0.25, -0.2) is 0 Å². The predicted molar refractivity (Wildman–Crippen MR) is 113 cm³/mol. The van der Waals surface area contributed by atoms with E-state index in [2.05, 4.69) is 6.08 Å². The van der Waals surface area contributed by atoms with E-state index >= 15 is 0 Å². The highest BCUT2D eigenvalue weighted by atomic mass is 35.5. The van der Waals surface area contributed by atoms with Gasteiger partial charge in [0.2, 0.25) is 0 Å². The Bertz CT molecular complexity index is 1050. The Morgan fingerprint density at radius 3 is 2.89 bits per heavy atom. The number of nitrogen functional groups attached to an aromatic ring is 1. The van der Waals surface area contributed by atoms with Crippen molar-refractivity contribution in [2.45, 2.75) is 44.4 Å². The van der Waals surface area contributed by atoms with E-state index in [9.17, 15) is 8.42 Å². The van der Waals surface area contributed by atoms with Gasteiger partial charge in [-0.15, -0.1) is 0 Å². The van der Waals surface area contributed by atoms with Gasteiger partial charge in [-0.05, 0) is 68.6 Å². The van der Waals surface area contributed by atoms with Crippen LogP contribution in [0.3, 0.4) is 0 Å². The summed E-state index contributed by atoms with van der Waals surface area (Å²) in [6, 6.07) is 5.72. The third-order valence-corrected chi connectivity index (χ3v) is 6.56. The van der Waals surface area contributed by atoms with Crippen LogP contribution in [0.5, 0.6) is 0 Å². The van der Waals surface area contributed by atoms with Crippen LogP contribution < -0.4 is 5.73 Å². The summed E-state index contributed by atoms with van der Waals surface area (Å²) < 4.78 is 26.9. The molecule has 0 saturated heterocycles.